The summed E-state index contributed by atoms with van der Waals surface area (Å²) in [5.41, 5.74) is 2.71. The van der Waals surface area contributed by atoms with Crippen molar-refractivity contribution in [3.8, 4) is 5.75 Å². The Kier molecular flexibility index (Phi) is 8.37. The highest BCUT2D eigenvalue weighted by molar-refractivity contribution is 8.18. The third-order valence-corrected chi connectivity index (χ3v) is 9.04. The van der Waals surface area contributed by atoms with E-state index in [1.54, 1.807) is 19.2 Å². The van der Waals surface area contributed by atoms with Crippen molar-refractivity contribution in [2.24, 2.45) is 0 Å². The molecule has 0 spiro atoms. The summed E-state index contributed by atoms with van der Waals surface area (Å²) in [6.45, 7) is 0.165. The van der Waals surface area contributed by atoms with Crippen LogP contribution in [0.3, 0.4) is 0 Å². The van der Waals surface area contributed by atoms with E-state index in [-0.39, 0.29) is 12.8 Å². The van der Waals surface area contributed by atoms with Crippen LogP contribution in [0.5, 0.6) is 5.75 Å². The van der Waals surface area contributed by atoms with E-state index in [9.17, 15) is 4.79 Å². The summed E-state index contributed by atoms with van der Waals surface area (Å²) in [7, 11) is 1.60. The lowest BCUT2D eigenvalue weighted by Gasteiger charge is -2.42. The fraction of sp³-hybridized carbons (Fsp3) is 0.296. The van der Waals surface area contributed by atoms with Gasteiger partial charge in [-0.1, -0.05) is 66.7 Å². The smallest absolute Gasteiger partial charge is 0.338 e. The molecule has 0 aromatic heterocycles. The third kappa shape index (κ3) is 5.75. The van der Waals surface area contributed by atoms with E-state index in [1.165, 1.54) is 5.56 Å². The van der Waals surface area contributed by atoms with Crippen molar-refractivity contribution in [1.29, 1.82) is 0 Å². The summed E-state index contributed by atoms with van der Waals surface area (Å²) in [5, 5.41) is 0. The SMILES string of the molecule is COCOc1ccccc1CC(OC(=O)c1ccccc1)C1(c2ccccc2)SCCCS1. The number of ether oxygens (including phenoxy) is 3. The normalized spacial score (nSPS) is 16.0. The van der Waals surface area contributed by atoms with Gasteiger partial charge >= 0.3 is 5.97 Å². The number of esters is 1. The molecule has 1 aliphatic rings. The van der Waals surface area contributed by atoms with E-state index in [0.29, 0.717) is 12.0 Å². The van der Waals surface area contributed by atoms with E-state index >= 15 is 0 Å². The zero-order valence-corrected chi connectivity index (χ0v) is 20.3. The number of para-hydroxylation sites is 1. The predicted molar refractivity (Wildman–Crippen MR) is 136 cm³/mol. The molecule has 3 aromatic rings. The summed E-state index contributed by atoms with van der Waals surface area (Å²) >= 11 is 3.74. The molecule has 4 nitrogen and oxygen atoms in total. The van der Waals surface area contributed by atoms with Gasteiger partial charge in [-0.2, -0.15) is 0 Å². The van der Waals surface area contributed by atoms with Crippen molar-refractivity contribution in [3.63, 3.8) is 0 Å². The van der Waals surface area contributed by atoms with E-state index in [0.717, 1.165) is 29.2 Å². The van der Waals surface area contributed by atoms with Gasteiger partial charge in [-0.15, -0.1) is 23.5 Å². The van der Waals surface area contributed by atoms with Crippen molar-refractivity contribution in [3.05, 3.63) is 102 Å². The average molecular weight is 481 g/mol. The number of thioether (sulfide) groups is 2. The molecule has 4 rings (SSSR count). The number of rotatable bonds is 9. The predicted octanol–water partition coefficient (Wildman–Crippen LogP) is 6.16. The van der Waals surface area contributed by atoms with Crippen LogP contribution in [0.1, 0.15) is 27.9 Å². The molecule has 33 heavy (non-hydrogen) atoms. The fourth-order valence-electron chi connectivity index (χ4n) is 3.92. The van der Waals surface area contributed by atoms with Crippen molar-refractivity contribution in [2.45, 2.75) is 23.0 Å². The molecule has 0 N–H and O–H groups in total. The van der Waals surface area contributed by atoms with Gasteiger partial charge in [0.05, 0.1) is 5.56 Å². The molecule has 1 atom stereocenters. The molecule has 1 fully saturated rings. The molecule has 0 aliphatic carbocycles. The topological polar surface area (TPSA) is 44.8 Å². The Balaban J connectivity index is 1.73. The molecular weight excluding hydrogens is 452 g/mol. The molecule has 0 amide bonds. The lowest BCUT2D eigenvalue weighted by atomic mass is 9.99. The number of methoxy groups -OCH3 is 1. The second-order valence-electron chi connectivity index (χ2n) is 7.71. The minimum Gasteiger partial charge on any atom is -0.467 e. The molecular formula is C27H28O4S2. The number of hydrogen-bond donors (Lipinski definition) is 0. The maximum atomic E-state index is 13.2. The summed E-state index contributed by atoms with van der Waals surface area (Å²) in [6.07, 6.45) is 1.28. The number of benzene rings is 3. The van der Waals surface area contributed by atoms with Gasteiger partial charge in [0.15, 0.2) is 6.79 Å². The van der Waals surface area contributed by atoms with Gasteiger partial charge in [-0.05, 0) is 47.3 Å². The molecule has 1 saturated heterocycles. The molecule has 1 unspecified atom stereocenters. The zero-order valence-electron chi connectivity index (χ0n) is 18.6. The summed E-state index contributed by atoms with van der Waals surface area (Å²) < 4.78 is 16.9. The van der Waals surface area contributed by atoms with Crippen LogP contribution in [-0.4, -0.2) is 37.5 Å². The van der Waals surface area contributed by atoms with Crippen LogP contribution in [-0.2, 0) is 20.0 Å². The van der Waals surface area contributed by atoms with Crippen LogP contribution in [0.15, 0.2) is 84.9 Å². The number of carbonyl (C=O) groups is 1. The Morgan fingerprint density at radius 3 is 2.24 bits per heavy atom. The molecule has 6 heteroatoms. The van der Waals surface area contributed by atoms with Crippen LogP contribution < -0.4 is 4.74 Å². The van der Waals surface area contributed by atoms with Crippen LogP contribution in [0.4, 0.5) is 0 Å². The lowest BCUT2D eigenvalue weighted by molar-refractivity contribution is 0.0260. The monoisotopic (exact) mass is 480 g/mol. The largest absolute Gasteiger partial charge is 0.467 e. The molecule has 1 aliphatic heterocycles. The Hall–Kier alpha value is -2.41. The second kappa shape index (κ2) is 11.6. The standard InChI is InChI=1S/C27H28O4S2/c1-29-20-30-24-16-9-8-13-22(24)19-25(31-26(28)21-11-4-2-5-12-21)27(32-17-10-18-33-27)23-14-6-3-7-15-23/h2-9,11-16,25H,10,17-20H2,1H3. The Morgan fingerprint density at radius 1 is 0.909 bits per heavy atom. The van der Waals surface area contributed by atoms with Crippen LogP contribution in [0.2, 0.25) is 0 Å². The second-order valence-corrected chi connectivity index (χ2v) is 10.6. The first kappa shape index (κ1) is 23.7. The van der Waals surface area contributed by atoms with Crippen molar-refractivity contribution < 1.29 is 19.0 Å². The highest BCUT2D eigenvalue weighted by Gasteiger charge is 2.46. The molecule has 172 valence electrons. The summed E-state index contributed by atoms with van der Waals surface area (Å²) in [6, 6.07) is 27.5. The Labute approximate surface area is 204 Å². The first-order chi connectivity index (χ1) is 16.2. The average Bonchev–Trinajstić information content (AvgIpc) is 2.89. The van der Waals surface area contributed by atoms with E-state index in [4.69, 9.17) is 14.2 Å². The minimum absolute atomic E-state index is 0.165. The van der Waals surface area contributed by atoms with Crippen LogP contribution in [0, 0.1) is 0 Å². The van der Waals surface area contributed by atoms with Gasteiger partial charge in [-0.3, -0.25) is 0 Å². The Bertz CT molecular complexity index is 1020. The van der Waals surface area contributed by atoms with Crippen LogP contribution in [0.25, 0.3) is 0 Å². The van der Waals surface area contributed by atoms with Gasteiger partial charge < -0.3 is 14.2 Å². The minimum atomic E-state index is -0.404. The molecule has 3 aromatic carbocycles. The summed E-state index contributed by atoms with van der Waals surface area (Å²) in [4.78, 5) is 13.2. The van der Waals surface area contributed by atoms with Crippen molar-refractivity contribution in [1.82, 2.24) is 0 Å². The first-order valence-corrected chi connectivity index (χ1v) is 13.0. The van der Waals surface area contributed by atoms with Gasteiger partial charge in [0.1, 0.15) is 15.9 Å². The zero-order chi connectivity index (χ0) is 22.9. The fourth-order valence-corrected chi connectivity index (χ4v) is 7.36. The van der Waals surface area contributed by atoms with Crippen LogP contribution >= 0.6 is 23.5 Å². The van der Waals surface area contributed by atoms with Crippen molar-refractivity contribution in [2.75, 3.05) is 25.4 Å². The first-order valence-electron chi connectivity index (χ1n) is 11.0. The van der Waals surface area contributed by atoms with E-state index < -0.39 is 10.2 Å². The highest BCUT2D eigenvalue weighted by atomic mass is 32.2. The Morgan fingerprint density at radius 2 is 1.55 bits per heavy atom. The maximum absolute atomic E-state index is 13.2. The summed E-state index contributed by atoms with van der Waals surface area (Å²) in [5.74, 6) is 2.47. The molecule has 0 radical (unpaired) electrons. The third-order valence-electron chi connectivity index (χ3n) is 5.49. The maximum Gasteiger partial charge on any atom is 0.338 e. The van der Waals surface area contributed by atoms with Gasteiger partial charge in [0.2, 0.25) is 0 Å². The highest BCUT2D eigenvalue weighted by Crippen LogP contribution is 2.54. The van der Waals surface area contributed by atoms with E-state index in [2.05, 4.69) is 24.3 Å². The van der Waals surface area contributed by atoms with Gasteiger partial charge in [-0.25, -0.2) is 4.79 Å². The number of carbonyl (C=O) groups excluding carboxylic acids is 1. The quantitative estimate of drug-likeness (QED) is 0.270. The van der Waals surface area contributed by atoms with Gasteiger partial charge in [0, 0.05) is 13.5 Å². The molecule has 0 saturated carbocycles. The molecule has 0 bridgehead atoms. The van der Waals surface area contributed by atoms with Gasteiger partial charge in [0.25, 0.3) is 0 Å². The molecule has 1 heterocycles. The lowest BCUT2D eigenvalue weighted by Crippen LogP contribution is -2.41. The van der Waals surface area contributed by atoms with Crippen molar-refractivity contribution >= 4 is 29.5 Å². The van der Waals surface area contributed by atoms with E-state index in [1.807, 2.05) is 72.1 Å². The number of hydrogen-bond acceptors (Lipinski definition) is 6.